The number of allylic oxidation sites excluding steroid dienone is 1. The van der Waals surface area contributed by atoms with E-state index in [1.807, 2.05) is 0 Å². The number of nitrogens with two attached hydrogens (primary N) is 1. The van der Waals surface area contributed by atoms with E-state index in [9.17, 15) is 35.1 Å². The van der Waals surface area contributed by atoms with Crippen molar-refractivity contribution in [2.45, 2.75) is 5.60 Å². The monoisotopic (exact) mass is 323 g/mol. The van der Waals surface area contributed by atoms with Crippen LogP contribution in [0.4, 0.5) is 0 Å². The summed E-state index contributed by atoms with van der Waals surface area (Å²) in [5.41, 5.74) is -1.35. The molecular formula is C12H10BNO9. The molecule has 7 N–H and O–H groups in total. The highest BCUT2D eigenvalue weighted by Crippen LogP contribution is 2.55. The average molecular weight is 323 g/mol. The topological polar surface area (TPSA) is 180 Å². The number of fused-ring (bicyclic) bond motifs is 2. The van der Waals surface area contributed by atoms with Gasteiger partial charge in [-0.15, -0.1) is 0 Å². The van der Waals surface area contributed by atoms with E-state index < -0.39 is 64.9 Å². The quantitative estimate of drug-likeness (QED) is 0.288. The Bertz CT molecular complexity index is 779. The molecule has 23 heavy (non-hydrogen) atoms. The van der Waals surface area contributed by atoms with E-state index >= 15 is 0 Å². The largest absolute Gasteiger partial charge is 0.580 e. The molecule has 1 saturated heterocycles. The Hall–Kier alpha value is -3.08. The highest BCUT2D eigenvalue weighted by molar-refractivity contribution is 6.29. The fourth-order valence-electron chi connectivity index (χ4n) is 2.85. The van der Waals surface area contributed by atoms with Crippen molar-refractivity contribution in [3.63, 3.8) is 0 Å². The molecule has 0 radical (unpaired) electrons. The van der Waals surface area contributed by atoms with Gasteiger partial charge in [-0.2, -0.15) is 0 Å². The van der Waals surface area contributed by atoms with Gasteiger partial charge in [0, 0.05) is 0 Å². The number of aliphatic hydroxyl groups is 5. The summed E-state index contributed by atoms with van der Waals surface area (Å²) in [4.78, 5) is 24.4. The van der Waals surface area contributed by atoms with Crippen LogP contribution in [0.3, 0.4) is 0 Å². The molecule has 10 nitrogen and oxygen atoms in total. The highest BCUT2D eigenvalue weighted by Gasteiger charge is 2.69. The summed E-state index contributed by atoms with van der Waals surface area (Å²) < 4.78 is 9.21. The van der Waals surface area contributed by atoms with Crippen LogP contribution in [0.5, 0.6) is 0 Å². The molecule has 3 aliphatic rings. The first-order valence-corrected chi connectivity index (χ1v) is 6.21. The van der Waals surface area contributed by atoms with Crippen LogP contribution in [0.1, 0.15) is 0 Å². The Kier molecular flexibility index (Phi) is 2.73. The molecule has 1 aliphatic heterocycles. The van der Waals surface area contributed by atoms with Crippen molar-refractivity contribution in [3.8, 4) is 0 Å². The number of carbonyl (C=O) groups is 2. The molecule has 2 unspecified atom stereocenters. The Balaban J connectivity index is 2.39. The second-order valence-corrected chi connectivity index (χ2v) is 5.08. The Labute approximate surface area is 128 Å². The van der Waals surface area contributed by atoms with Gasteiger partial charge in [-0.1, -0.05) is 0 Å². The van der Waals surface area contributed by atoms with Gasteiger partial charge in [0.25, 0.3) is 0 Å². The third-order valence-corrected chi connectivity index (χ3v) is 4.02. The summed E-state index contributed by atoms with van der Waals surface area (Å²) in [6, 6.07) is 0. The van der Waals surface area contributed by atoms with Gasteiger partial charge in [0.2, 0.25) is 0 Å². The van der Waals surface area contributed by atoms with Crippen LogP contribution in [-0.2, 0) is 18.9 Å². The van der Waals surface area contributed by atoms with Crippen LogP contribution in [0.2, 0.25) is 0 Å². The van der Waals surface area contributed by atoms with Crippen molar-refractivity contribution in [2.24, 2.45) is 11.1 Å². The maximum absolute atomic E-state index is 12.4. The van der Waals surface area contributed by atoms with Gasteiger partial charge in [0.15, 0.2) is 34.1 Å². The maximum atomic E-state index is 12.4. The third kappa shape index (κ3) is 1.46. The zero-order chi connectivity index (χ0) is 17.2. The molecule has 0 aromatic carbocycles. The molecule has 0 aromatic rings. The molecular weight excluding hydrogens is 313 g/mol. The van der Waals surface area contributed by atoms with Gasteiger partial charge in [-0.05, 0) is 12.2 Å². The summed E-state index contributed by atoms with van der Waals surface area (Å²) >= 11 is 0. The molecule has 2 aliphatic carbocycles. The van der Waals surface area contributed by atoms with Crippen LogP contribution < -0.4 is 5.73 Å². The normalized spacial score (nSPS) is 33.4. The summed E-state index contributed by atoms with van der Waals surface area (Å²) in [5, 5.41) is 50.1. The Morgan fingerprint density at radius 3 is 2.35 bits per heavy atom. The maximum Gasteiger partial charge on any atom is 0.580 e. The standard InChI is InChI=1S/C12H10BNO9/c14-7-6(17)5(16)2-11(7)10(20)23-13-22-9(19)3-1-4(15)8(18)12(3,11)21/h1-2,13,15-18,21H,14H2. The third-order valence-electron chi connectivity index (χ3n) is 4.02. The van der Waals surface area contributed by atoms with E-state index in [1.165, 1.54) is 0 Å². The van der Waals surface area contributed by atoms with Crippen LogP contribution in [0.15, 0.2) is 46.5 Å². The van der Waals surface area contributed by atoms with Crippen molar-refractivity contribution in [1.29, 1.82) is 0 Å². The molecule has 1 heterocycles. The summed E-state index contributed by atoms with van der Waals surface area (Å²) in [5.74, 6) is -6.45. The van der Waals surface area contributed by atoms with Crippen LogP contribution in [0.25, 0.3) is 0 Å². The molecule has 0 saturated carbocycles. The fourth-order valence-corrected chi connectivity index (χ4v) is 2.85. The van der Waals surface area contributed by atoms with Gasteiger partial charge in [-0.3, -0.25) is 4.79 Å². The number of aliphatic hydroxyl groups excluding tert-OH is 4. The second kappa shape index (κ2) is 4.23. The minimum Gasteiger partial charge on any atom is -0.506 e. The molecule has 0 amide bonds. The molecule has 0 bridgehead atoms. The van der Waals surface area contributed by atoms with E-state index in [4.69, 9.17) is 5.73 Å². The first-order valence-electron chi connectivity index (χ1n) is 6.21. The van der Waals surface area contributed by atoms with Gasteiger partial charge in [0.1, 0.15) is 0 Å². The van der Waals surface area contributed by atoms with Crippen molar-refractivity contribution in [1.82, 2.24) is 0 Å². The van der Waals surface area contributed by atoms with Crippen LogP contribution >= 0.6 is 0 Å². The Morgan fingerprint density at radius 2 is 1.78 bits per heavy atom. The number of carbonyl (C=O) groups excluding carboxylic acids is 2. The molecule has 11 heteroatoms. The van der Waals surface area contributed by atoms with E-state index in [0.29, 0.717) is 12.2 Å². The van der Waals surface area contributed by atoms with Crippen LogP contribution in [-0.4, -0.2) is 50.8 Å². The Morgan fingerprint density at radius 1 is 1.13 bits per heavy atom. The van der Waals surface area contributed by atoms with Gasteiger partial charge >= 0.3 is 19.6 Å². The van der Waals surface area contributed by atoms with E-state index in [2.05, 4.69) is 9.31 Å². The van der Waals surface area contributed by atoms with Gasteiger partial charge in [0.05, 0.1) is 11.3 Å². The lowest BCUT2D eigenvalue weighted by atomic mass is 9.66. The molecule has 3 rings (SSSR count). The van der Waals surface area contributed by atoms with E-state index in [0.717, 1.165) is 0 Å². The number of rotatable bonds is 0. The molecule has 2 atom stereocenters. The van der Waals surface area contributed by atoms with Crippen molar-refractivity contribution in [3.05, 3.63) is 46.5 Å². The zero-order valence-electron chi connectivity index (χ0n) is 11.3. The first kappa shape index (κ1) is 14.8. The number of hydrogen-bond acceptors (Lipinski definition) is 10. The SMILES string of the molecule is NC1=C(O)C(O)=CC12C(=O)OBOC(=O)C1=CC(O)=C(O)C12O. The minimum atomic E-state index is -2.94. The van der Waals surface area contributed by atoms with E-state index in [1.54, 1.807) is 0 Å². The second-order valence-electron chi connectivity index (χ2n) is 5.08. The smallest absolute Gasteiger partial charge is 0.506 e. The van der Waals surface area contributed by atoms with Crippen molar-refractivity contribution < 1.29 is 44.4 Å². The zero-order valence-corrected chi connectivity index (χ0v) is 11.3. The first-order chi connectivity index (χ1) is 10.7. The lowest BCUT2D eigenvalue weighted by Crippen LogP contribution is -2.59. The lowest BCUT2D eigenvalue weighted by molar-refractivity contribution is -0.157. The average Bonchev–Trinajstić information content (AvgIpc) is 2.88. The van der Waals surface area contributed by atoms with Crippen molar-refractivity contribution >= 4 is 19.6 Å². The predicted octanol–water partition coefficient (Wildman–Crippen LogP) is -1.48. The highest BCUT2D eigenvalue weighted by atomic mass is 16.6. The minimum absolute atomic E-state index is 0.626. The predicted molar refractivity (Wildman–Crippen MR) is 71.6 cm³/mol. The molecule has 120 valence electrons. The van der Waals surface area contributed by atoms with Gasteiger partial charge < -0.3 is 40.6 Å². The lowest BCUT2D eigenvalue weighted by Gasteiger charge is -2.41. The van der Waals surface area contributed by atoms with Gasteiger partial charge in [-0.25, -0.2) is 4.79 Å². The molecule has 1 spiro atoms. The number of hydrogen-bond donors (Lipinski definition) is 6. The molecule has 1 fully saturated rings. The van der Waals surface area contributed by atoms with Crippen molar-refractivity contribution in [2.75, 3.05) is 0 Å². The molecule has 0 aromatic heterocycles. The fraction of sp³-hybridized carbons (Fsp3) is 0.167. The van der Waals surface area contributed by atoms with E-state index in [-0.39, 0.29) is 0 Å². The van der Waals surface area contributed by atoms with Crippen LogP contribution in [0, 0.1) is 5.41 Å². The summed E-state index contributed by atoms with van der Waals surface area (Å²) in [6.07, 6.45) is 1.31. The summed E-state index contributed by atoms with van der Waals surface area (Å²) in [7, 11) is -0.836. The summed E-state index contributed by atoms with van der Waals surface area (Å²) in [6.45, 7) is 0.